The van der Waals surface area contributed by atoms with Crippen LogP contribution in [0.1, 0.15) is 29.8 Å². The Morgan fingerprint density at radius 2 is 2.27 bits per heavy atom. The summed E-state index contributed by atoms with van der Waals surface area (Å²) in [5, 5.41) is 15.7. The van der Waals surface area contributed by atoms with E-state index in [0.717, 1.165) is 23.9 Å². The van der Waals surface area contributed by atoms with Gasteiger partial charge in [-0.2, -0.15) is 5.26 Å². The molecule has 154 valence electrons. The number of nitriles is 1. The second-order valence-electron chi connectivity index (χ2n) is 7.05. The van der Waals surface area contributed by atoms with E-state index in [1.807, 2.05) is 12.1 Å². The highest BCUT2D eigenvalue weighted by molar-refractivity contribution is 5.97. The Hall–Kier alpha value is -3.87. The number of anilines is 1. The molecule has 0 spiro atoms. The van der Waals surface area contributed by atoms with Crippen LogP contribution in [0.2, 0.25) is 0 Å². The van der Waals surface area contributed by atoms with E-state index in [2.05, 4.69) is 25.6 Å². The van der Waals surface area contributed by atoms with E-state index in [1.165, 1.54) is 13.2 Å². The lowest BCUT2D eigenvalue weighted by Gasteiger charge is -2.33. The van der Waals surface area contributed by atoms with Crippen molar-refractivity contribution in [2.75, 3.05) is 25.5 Å². The number of aromatic nitrogens is 3. The first kappa shape index (κ1) is 19.4. The minimum absolute atomic E-state index is 0.00554. The molecule has 0 aliphatic carbocycles. The lowest BCUT2D eigenvalue weighted by Crippen LogP contribution is -2.45. The van der Waals surface area contributed by atoms with Crippen LogP contribution >= 0.6 is 0 Å². The van der Waals surface area contributed by atoms with Crippen molar-refractivity contribution < 1.29 is 14.0 Å². The first-order valence-electron chi connectivity index (χ1n) is 9.66. The number of carbonyl (C=O) groups is 2. The van der Waals surface area contributed by atoms with Crippen LogP contribution in [0, 0.1) is 11.3 Å². The topological polar surface area (TPSA) is 140 Å². The molecule has 1 saturated heterocycles. The summed E-state index contributed by atoms with van der Waals surface area (Å²) in [6.45, 7) is 1.15. The Bertz CT molecular complexity index is 1130. The summed E-state index contributed by atoms with van der Waals surface area (Å²) < 4.78 is 5.66. The Morgan fingerprint density at radius 1 is 1.40 bits per heavy atom. The molecule has 3 N–H and O–H groups in total. The minimum atomic E-state index is -0.363. The summed E-state index contributed by atoms with van der Waals surface area (Å²) in [7, 11) is 1.52. The Kier molecular flexibility index (Phi) is 5.34. The third-order valence-corrected chi connectivity index (χ3v) is 5.13. The quantitative estimate of drug-likeness (QED) is 0.587. The number of nitrogens with one attached hydrogen (secondary N) is 3. The van der Waals surface area contributed by atoms with Gasteiger partial charge in [0.05, 0.1) is 23.5 Å². The molecular weight excluding hydrogens is 386 g/mol. The lowest BCUT2D eigenvalue weighted by molar-refractivity contribution is -0.131. The summed E-state index contributed by atoms with van der Waals surface area (Å²) in [4.78, 5) is 37.5. The summed E-state index contributed by atoms with van der Waals surface area (Å²) in [6, 6.07) is 3.81. The molecule has 2 amide bonds. The van der Waals surface area contributed by atoms with Gasteiger partial charge < -0.3 is 24.9 Å². The Labute approximate surface area is 172 Å². The summed E-state index contributed by atoms with van der Waals surface area (Å²) in [5.74, 6) is -0.134. The molecular formula is C20H21N7O3. The van der Waals surface area contributed by atoms with Crippen LogP contribution in [-0.2, 0) is 4.79 Å². The SMILES string of the molecule is CNC(=O)c1cnc(-c2cnc3[nH]ccc3c2N[C@@H]2CCCN(C(=O)CC#N)C2)o1. The molecule has 0 bridgehead atoms. The van der Waals surface area contributed by atoms with E-state index in [0.29, 0.717) is 24.3 Å². The van der Waals surface area contributed by atoms with Crippen molar-refractivity contribution in [3.8, 4) is 17.5 Å². The molecule has 0 radical (unpaired) electrons. The van der Waals surface area contributed by atoms with Crippen LogP contribution in [0.3, 0.4) is 0 Å². The van der Waals surface area contributed by atoms with Crippen molar-refractivity contribution >= 4 is 28.5 Å². The monoisotopic (exact) mass is 407 g/mol. The smallest absolute Gasteiger partial charge is 0.288 e. The van der Waals surface area contributed by atoms with E-state index in [9.17, 15) is 9.59 Å². The van der Waals surface area contributed by atoms with E-state index < -0.39 is 0 Å². The highest BCUT2D eigenvalue weighted by Gasteiger charge is 2.26. The number of likely N-dealkylation sites (tertiary alicyclic amines) is 1. The van der Waals surface area contributed by atoms with Gasteiger partial charge in [0.1, 0.15) is 12.1 Å². The highest BCUT2D eigenvalue weighted by atomic mass is 16.4. The minimum Gasteiger partial charge on any atom is -0.431 e. The number of oxazole rings is 1. The Balaban J connectivity index is 1.66. The maximum atomic E-state index is 12.1. The average molecular weight is 407 g/mol. The van der Waals surface area contributed by atoms with Crippen molar-refractivity contribution in [3.63, 3.8) is 0 Å². The van der Waals surface area contributed by atoms with E-state index in [4.69, 9.17) is 9.68 Å². The predicted molar refractivity (Wildman–Crippen MR) is 108 cm³/mol. The van der Waals surface area contributed by atoms with Crippen LogP contribution < -0.4 is 10.6 Å². The molecule has 30 heavy (non-hydrogen) atoms. The van der Waals surface area contributed by atoms with Gasteiger partial charge >= 0.3 is 0 Å². The fourth-order valence-corrected chi connectivity index (χ4v) is 3.66. The third kappa shape index (κ3) is 3.69. The molecule has 10 heteroatoms. The highest BCUT2D eigenvalue weighted by Crippen LogP contribution is 2.34. The molecule has 4 heterocycles. The maximum absolute atomic E-state index is 12.1. The molecule has 3 aromatic heterocycles. The standard InChI is InChI=1S/C20H21N7O3/c1-22-19(29)15-10-25-20(30-15)14-9-24-18-13(5-7-23-18)17(14)26-12-3-2-8-27(11-12)16(28)4-6-21/h5,7,9-10,12H,2-4,8,11H2,1H3,(H,22,29)(H2,23,24,26)/t12-/m1/s1. The van der Waals surface area contributed by atoms with Gasteiger partial charge in [0, 0.05) is 44.0 Å². The number of hydrogen-bond acceptors (Lipinski definition) is 7. The Morgan fingerprint density at radius 3 is 3.07 bits per heavy atom. The molecule has 10 nitrogen and oxygen atoms in total. The second kappa shape index (κ2) is 8.24. The number of H-pyrrole nitrogens is 1. The van der Waals surface area contributed by atoms with Gasteiger partial charge in [0.2, 0.25) is 17.6 Å². The van der Waals surface area contributed by atoms with Crippen molar-refractivity contribution in [2.45, 2.75) is 25.3 Å². The molecule has 1 atom stereocenters. The van der Waals surface area contributed by atoms with Gasteiger partial charge in [-0.15, -0.1) is 0 Å². The van der Waals surface area contributed by atoms with Gasteiger partial charge in [0.15, 0.2) is 0 Å². The summed E-state index contributed by atoms with van der Waals surface area (Å²) in [5.41, 5.74) is 2.09. The molecule has 1 aliphatic rings. The van der Waals surface area contributed by atoms with Crippen LogP contribution in [0.25, 0.3) is 22.5 Å². The first-order valence-corrected chi connectivity index (χ1v) is 9.66. The van der Waals surface area contributed by atoms with Crippen LogP contribution in [0.5, 0.6) is 0 Å². The molecule has 0 saturated carbocycles. The van der Waals surface area contributed by atoms with Gasteiger partial charge in [-0.3, -0.25) is 9.59 Å². The molecule has 3 aromatic rings. The van der Waals surface area contributed by atoms with Crippen LogP contribution in [0.15, 0.2) is 29.1 Å². The van der Waals surface area contributed by atoms with Crippen molar-refractivity contribution in [1.29, 1.82) is 5.26 Å². The van der Waals surface area contributed by atoms with Crippen molar-refractivity contribution in [3.05, 3.63) is 30.4 Å². The molecule has 1 fully saturated rings. The number of fused-ring (bicyclic) bond motifs is 1. The molecule has 0 aromatic carbocycles. The van der Waals surface area contributed by atoms with Crippen LogP contribution in [-0.4, -0.2) is 57.8 Å². The fourth-order valence-electron chi connectivity index (χ4n) is 3.66. The zero-order valence-electron chi connectivity index (χ0n) is 16.4. The zero-order chi connectivity index (χ0) is 21.1. The molecule has 0 unspecified atom stereocenters. The lowest BCUT2D eigenvalue weighted by atomic mass is 10.0. The number of piperidine rings is 1. The van der Waals surface area contributed by atoms with Crippen molar-refractivity contribution in [2.24, 2.45) is 0 Å². The van der Waals surface area contributed by atoms with Gasteiger partial charge in [0.25, 0.3) is 5.91 Å². The summed E-state index contributed by atoms with van der Waals surface area (Å²) in [6.07, 6.45) is 6.41. The number of aromatic amines is 1. The number of amides is 2. The number of pyridine rings is 1. The van der Waals surface area contributed by atoms with Crippen molar-refractivity contribution in [1.82, 2.24) is 25.2 Å². The molecule has 4 rings (SSSR count). The number of rotatable bonds is 5. The van der Waals surface area contributed by atoms with E-state index in [-0.39, 0.29) is 35.9 Å². The van der Waals surface area contributed by atoms with Crippen LogP contribution in [0.4, 0.5) is 5.69 Å². The molecule has 1 aliphatic heterocycles. The van der Waals surface area contributed by atoms with Gasteiger partial charge in [-0.25, -0.2) is 9.97 Å². The normalized spacial score (nSPS) is 16.3. The van der Waals surface area contributed by atoms with E-state index >= 15 is 0 Å². The summed E-state index contributed by atoms with van der Waals surface area (Å²) >= 11 is 0. The second-order valence-corrected chi connectivity index (χ2v) is 7.05. The van der Waals surface area contributed by atoms with E-state index in [1.54, 1.807) is 17.3 Å². The fraction of sp³-hybridized carbons (Fsp3) is 0.350. The number of carbonyl (C=O) groups excluding carboxylic acids is 2. The number of hydrogen-bond donors (Lipinski definition) is 3. The number of nitrogens with zero attached hydrogens (tertiary/aromatic N) is 4. The predicted octanol–water partition coefficient (Wildman–Crippen LogP) is 1.89. The first-order chi connectivity index (χ1) is 14.6. The zero-order valence-corrected chi connectivity index (χ0v) is 16.4. The van der Waals surface area contributed by atoms with Gasteiger partial charge in [-0.05, 0) is 18.9 Å². The largest absolute Gasteiger partial charge is 0.431 e. The third-order valence-electron chi connectivity index (χ3n) is 5.13. The van der Waals surface area contributed by atoms with Gasteiger partial charge in [-0.1, -0.05) is 0 Å². The maximum Gasteiger partial charge on any atom is 0.288 e. The average Bonchev–Trinajstić information content (AvgIpc) is 3.44.